The largest absolute Gasteiger partial charge is 0.370 e. The predicted molar refractivity (Wildman–Crippen MR) is 69.5 cm³/mol. The average molecular weight is 257 g/mol. The van der Waals surface area contributed by atoms with Gasteiger partial charge in [0.15, 0.2) is 5.82 Å². The fourth-order valence-electron chi connectivity index (χ4n) is 1.47. The first-order valence-electron chi connectivity index (χ1n) is 6.11. The molecule has 0 aliphatic rings. The van der Waals surface area contributed by atoms with Gasteiger partial charge in [0.05, 0.1) is 5.56 Å². The molecule has 0 aliphatic heterocycles. The van der Waals surface area contributed by atoms with Crippen LogP contribution >= 0.6 is 0 Å². The summed E-state index contributed by atoms with van der Waals surface area (Å²) in [5, 5.41) is 15.7. The van der Waals surface area contributed by atoms with Gasteiger partial charge in [-0.25, -0.2) is 4.98 Å². The van der Waals surface area contributed by atoms with E-state index in [0.717, 1.165) is 11.6 Å². The molecule has 0 aliphatic carbocycles. The van der Waals surface area contributed by atoms with Gasteiger partial charge in [-0.3, -0.25) is 0 Å². The van der Waals surface area contributed by atoms with Gasteiger partial charge >= 0.3 is 0 Å². The smallest absolute Gasteiger partial charge is 0.228 e. The third-order valence-electron chi connectivity index (χ3n) is 2.54. The van der Waals surface area contributed by atoms with Gasteiger partial charge < -0.3 is 9.84 Å². The first-order valence-corrected chi connectivity index (χ1v) is 6.11. The number of anilines is 1. The van der Waals surface area contributed by atoms with Crippen LogP contribution in [-0.2, 0) is 6.42 Å². The van der Waals surface area contributed by atoms with Crippen LogP contribution in [0.2, 0.25) is 0 Å². The summed E-state index contributed by atoms with van der Waals surface area (Å²) in [5.41, 5.74) is 0.545. The van der Waals surface area contributed by atoms with Crippen LogP contribution in [0.25, 0.3) is 0 Å². The summed E-state index contributed by atoms with van der Waals surface area (Å²) in [4.78, 5) is 8.40. The standard InChI is InChI=1S/C13H15N5O/c1-9(2)13-17-12(19-18-13)5-6-15-11-4-3-10(7-14)8-16-11/h3-4,8-9H,5-6H2,1-2H3,(H,15,16). The Morgan fingerprint density at radius 1 is 1.42 bits per heavy atom. The Labute approximate surface area is 111 Å². The SMILES string of the molecule is CC(C)c1noc(CCNc2ccc(C#N)cn2)n1. The normalized spacial score (nSPS) is 10.4. The molecule has 98 valence electrons. The van der Waals surface area contributed by atoms with Crippen molar-refractivity contribution in [1.29, 1.82) is 5.26 Å². The minimum absolute atomic E-state index is 0.269. The molecule has 0 aromatic carbocycles. The van der Waals surface area contributed by atoms with Gasteiger partial charge in [-0.15, -0.1) is 0 Å². The van der Waals surface area contributed by atoms with Crippen LogP contribution in [0.5, 0.6) is 0 Å². The number of hydrogen-bond donors (Lipinski definition) is 1. The van der Waals surface area contributed by atoms with E-state index in [9.17, 15) is 0 Å². The van der Waals surface area contributed by atoms with Crippen LogP contribution in [0.1, 0.15) is 37.0 Å². The molecule has 0 saturated carbocycles. The van der Waals surface area contributed by atoms with Gasteiger partial charge in [0, 0.05) is 25.1 Å². The third-order valence-corrected chi connectivity index (χ3v) is 2.54. The quantitative estimate of drug-likeness (QED) is 0.882. The van der Waals surface area contributed by atoms with Crippen molar-refractivity contribution in [2.45, 2.75) is 26.2 Å². The van der Waals surface area contributed by atoms with Crippen molar-refractivity contribution in [3.63, 3.8) is 0 Å². The Morgan fingerprint density at radius 2 is 2.26 bits per heavy atom. The maximum absolute atomic E-state index is 8.66. The van der Waals surface area contributed by atoms with E-state index in [2.05, 4.69) is 20.4 Å². The molecule has 0 atom stereocenters. The van der Waals surface area contributed by atoms with E-state index in [1.165, 1.54) is 6.20 Å². The maximum Gasteiger partial charge on any atom is 0.228 e. The number of rotatable bonds is 5. The molecule has 0 radical (unpaired) electrons. The zero-order valence-corrected chi connectivity index (χ0v) is 10.9. The van der Waals surface area contributed by atoms with Gasteiger partial charge in [0.1, 0.15) is 11.9 Å². The van der Waals surface area contributed by atoms with Crippen LogP contribution < -0.4 is 5.32 Å². The first kappa shape index (κ1) is 13.0. The van der Waals surface area contributed by atoms with Gasteiger partial charge in [-0.05, 0) is 12.1 Å². The van der Waals surface area contributed by atoms with E-state index in [1.807, 2.05) is 19.9 Å². The number of nitrogens with zero attached hydrogens (tertiary/aromatic N) is 4. The molecule has 0 amide bonds. The molecule has 0 unspecified atom stereocenters. The van der Waals surface area contributed by atoms with Crippen LogP contribution in [0.15, 0.2) is 22.9 Å². The average Bonchev–Trinajstić information content (AvgIpc) is 2.89. The number of nitrogens with one attached hydrogen (secondary N) is 1. The van der Waals surface area contributed by atoms with E-state index in [1.54, 1.807) is 12.1 Å². The summed E-state index contributed by atoms with van der Waals surface area (Å²) >= 11 is 0. The molecule has 2 rings (SSSR count). The Kier molecular flexibility index (Phi) is 4.08. The lowest BCUT2D eigenvalue weighted by molar-refractivity contribution is 0.373. The van der Waals surface area contributed by atoms with Crippen LogP contribution in [0, 0.1) is 11.3 Å². The minimum atomic E-state index is 0.269. The third kappa shape index (κ3) is 3.52. The number of pyridine rings is 1. The van der Waals surface area contributed by atoms with E-state index < -0.39 is 0 Å². The van der Waals surface area contributed by atoms with Gasteiger partial charge in [-0.1, -0.05) is 19.0 Å². The Morgan fingerprint density at radius 3 is 2.84 bits per heavy atom. The highest BCUT2D eigenvalue weighted by molar-refractivity contribution is 5.38. The van der Waals surface area contributed by atoms with Crippen LogP contribution in [0.3, 0.4) is 0 Å². The Bertz CT molecular complexity index is 567. The summed E-state index contributed by atoms with van der Waals surface area (Å²) in [6.07, 6.45) is 2.17. The predicted octanol–water partition coefficient (Wildman–Crippen LogP) is 2.11. The number of aromatic nitrogens is 3. The molecule has 0 spiro atoms. The van der Waals surface area contributed by atoms with Crippen molar-refractivity contribution in [3.05, 3.63) is 35.6 Å². The van der Waals surface area contributed by atoms with E-state index in [-0.39, 0.29) is 5.92 Å². The van der Waals surface area contributed by atoms with Gasteiger partial charge in [-0.2, -0.15) is 10.2 Å². The second kappa shape index (κ2) is 5.96. The Hall–Kier alpha value is -2.42. The van der Waals surface area contributed by atoms with Crippen molar-refractivity contribution in [1.82, 2.24) is 15.1 Å². The van der Waals surface area contributed by atoms with Crippen molar-refractivity contribution < 1.29 is 4.52 Å². The number of nitriles is 1. The van der Waals surface area contributed by atoms with Crippen molar-refractivity contribution >= 4 is 5.82 Å². The topological polar surface area (TPSA) is 87.6 Å². The fourth-order valence-corrected chi connectivity index (χ4v) is 1.47. The summed E-state index contributed by atoms with van der Waals surface area (Å²) in [7, 11) is 0. The van der Waals surface area contributed by atoms with Crippen molar-refractivity contribution in [3.8, 4) is 6.07 Å². The van der Waals surface area contributed by atoms with Gasteiger partial charge in [0.2, 0.25) is 5.89 Å². The van der Waals surface area contributed by atoms with Crippen molar-refractivity contribution in [2.24, 2.45) is 0 Å². The summed E-state index contributed by atoms with van der Waals surface area (Å²) in [5.74, 6) is 2.34. The molecule has 2 aromatic rings. The van der Waals surface area contributed by atoms with Crippen LogP contribution in [-0.4, -0.2) is 21.7 Å². The lowest BCUT2D eigenvalue weighted by Crippen LogP contribution is -2.06. The first-order chi connectivity index (χ1) is 9.19. The summed E-state index contributed by atoms with van der Waals surface area (Å²) in [6, 6.07) is 5.52. The second-order valence-corrected chi connectivity index (χ2v) is 4.42. The zero-order valence-electron chi connectivity index (χ0n) is 10.9. The fraction of sp³-hybridized carbons (Fsp3) is 0.385. The summed E-state index contributed by atoms with van der Waals surface area (Å²) < 4.78 is 5.14. The highest BCUT2D eigenvalue weighted by Gasteiger charge is 2.08. The maximum atomic E-state index is 8.66. The molecule has 6 nitrogen and oxygen atoms in total. The van der Waals surface area contributed by atoms with Crippen LogP contribution in [0.4, 0.5) is 5.82 Å². The lowest BCUT2D eigenvalue weighted by Gasteiger charge is -2.02. The minimum Gasteiger partial charge on any atom is -0.370 e. The summed E-state index contributed by atoms with van der Waals surface area (Å²) in [6.45, 7) is 4.69. The molecule has 19 heavy (non-hydrogen) atoms. The van der Waals surface area contributed by atoms with E-state index in [0.29, 0.717) is 24.4 Å². The molecule has 0 bridgehead atoms. The highest BCUT2D eigenvalue weighted by Crippen LogP contribution is 2.10. The van der Waals surface area contributed by atoms with E-state index in [4.69, 9.17) is 9.78 Å². The molecular formula is C13H15N5O. The molecule has 2 aromatic heterocycles. The lowest BCUT2D eigenvalue weighted by atomic mass is 10.2. The monoisotopic (exact) mass is 257 g/mol. The Balaban J connectivity index is 1.83. The molecular weight excluding hydrogens is 242 g/mol. The molecule has 0 fully saturated rings. The van der Waals surface area contributed by atoms with E-state index >= 15 is 0 Å². The molecule has 6 heteroatoms. The van der Waals surface area contributed by atoms with Gasteiger partial charge in [0.25, 0.3) is 0 Å². The molecule has 1 N–H and O–H groups in total. The zero-order chi connectivity index (χ0) is 13.7. The molecule has 2 heterocycles. The molecule has 0 saturated heterocycles. The number of hydrogen-bond acceptors (Lipinski definition) is 6. The second-order valence-electron chi connectivity index (χ2n) is 4.42. The highest BCUT2D eigenvalue weighted by atomic mass is 16.5. The van der Waals surface area contributed by atoms with Crippen molar-refractivity contribution in [2.75, 3.05) is 11.9 Å².